The van der Waals surface area contributed by atoms with Crippen LogP contribution in [0.3, 0.4) is 0 Å². The number of nitrogens with zero attached hydrogens (tertiary/aromatic N) is 2. The highest BCUT2D eigenvalue weighted by Gasteiger charge is 2.11. The minimum Gasteiger partial charge on any atom is -0.340 e. The zero-order valence-corrected chi connectivity index (χ0v) is 14.7. The van der Waals surface area contributed by atoms with Crippen LogP contribution in [0.25, 0.3) is 0 Å². The van der Waals surface area contributed by atoms with E-state index >= 15 is 0 Å². The van der Waals surface area contributed by atoms with E-state index in [1.165, 1.54) is 19.1 Å². The van der Waals surface area contributed by atoms with E-state index in [0.29, 0.717) is 23.0 Å². The van der Waals surface area contributed by atoms with Gasteiger partial charge in [0, 0.05) is 24.4 Å². The SMILES string of the molecule is CC(=O)Nc1cccc(Nc2cc(Nc3c(F)cccc3F)nc(C)n2)c1. The molecule has 0 bridgehead atoms. The number of hydrogen-bond acceptors (Lipinski definition) is 5. The van der Waals surface area contributed by atoms with Crippen LogP contribution in [0.2, 0.25) is 0 Å². The van der Waals surface area contributed by atoms with Crippen molar-refractivity contribution in [2.24, 2.45) is 0 Å². The standard InChI is InChI=1S/C19H17F2N5O/c1-11-22-17(25-14-6-3-5-13(9-14)24-12(2)27)10-18(23-11)26-19-15(20)7-4-8-16(19)21/h3-10H,1-2H3,(H,24,27)(H2,22,23,25,26). The summed E-state index contributed by atoms with van der Waals surface area (Å²) in [6.07, 6.45) is 0. The van der Waals surface area contributed by atoms with Gasteiger partial charge in [-0.25, -0.2) is 18.7 Å². The highest BCUT2D eigenvalue weighted by molar-refractivity contribution is 5.89. The van der Waals surface area contributed by atoms with Gasteiger partial charge in [-0.1, -0.05) is 12.1 Å². The average molecular weight is 369 g/mol. The summed E-state index contributed by atoms with van der Waals surface area (Å²) in [5.41, 5.74) is 1.03. The van der Waals surface area contributed by atoms with Crippen LogP contribution in [0.5, 0.6) is 0 Å². The summed E-state index contributed by atoms with van der Waals surface area (Å²) in [5, 5.41) is 8.42. The Bertz CT molecular complexity index is 973. The van der Waals surface area contributed by atoms with E-state index in [2.05, 4.69) is 25.9 Å². The molecule has 3 rings (SSSR count). The van der Waals surface area contributed by atoms with Crippen LogP contribution in [-0.4, -0.2) is 15.9 Å². The minimum absolute atomic E-state index is 0.177. The van der Waals surface area contributed by atoms with Crippen molar-refractivity contribution in [3.8, 4) is 0 Å². The van der Waals surface area contributed by atoms with Crippen molar-refractivity contribution < 1.29 is 13.6 Å². The number of amides is 1. The van der Waals surface area contributed by atoms with Gasteiger partial charge in [0.2, 0.25) is 5.91 Å². The Hall–Kier alpha value is -3.55. The molecule has 0 spiro atoms. The van der Waals surface area contributed by atoms with Gasteiger partial charge in [0.15, 0.2) is 0 Å². The zero-order chi connectivity index (χ0) is 19.4. The average Bonchev–Trinajstić information content (AvgIpc) is 2.57. The van der Waals surface area contributed by atoms with Crippen molar-refractivity contribution in [1.82, 2.24) is 9.97 Å². The van der Waals surface area contributed by atoms with Crippen LogP contribution >= 0.6 is 0 Å². The maximum Gasteiger partial charge on any atom is 0.221 e. The molecule has 3 N–H and O–H groups in total. The summed E-state index contributed by atoms with van der Waals surface area (Å²) in [7, 11) is 0. The second-order valence-electron chi connectivity index (χ2n) is 5.79. The van der Waals surface area contributed by atoms with Gasteiger partial charge in [-0.05, 0) is 37.3 Å². The highest BCUT2D eigenvalue weighted by Crippen LogP contribution is 2.25. The van der Waals surface area contributed by atoms with E-state index in [1.54, 1.807) is 31.2 Å². The Kier molecular flexibility index (Phi) is 5.25. The number of nitrogens with one attached hydrogen (secondary N) is 3. The maximum atomic E-state index is 13.8. The first kappa shape index (κ1) is 18.2. The van der Waals surface area contributed by atoms with Gasteiger partial charge < -0.3 is 16.0 Å². The molecule has 1 aromatic heterocycles. The fraction of sp³-hybridized carbons (Fsp3) is 0.105. The molecule has 0 saturated carbocycles. The van der Waals surface area contributed by atoms with Gasteiger partial charge in [0.1, 0.15) is 34.8 Å². The Morgan fingerprint density at radius 2 is 1.48 bits per heavy atom. The molecular weight excluding hydrogens is 352 g/mol. The number of carbonyl (C=O) groups is 1. The number of carbonyl (C=O) groups excluding carboxylic acids is 1. The highest BCUT2D eigenvalue weighted by atomic mass is 19.1. The number of hydrogen-bond donors (Lipinski definition) is 3. The number of para-hydroxylation sites is 1. The third kappa shape index (κ3) is 4.75. The molecule has 0 aliphatic heterocycles. The summed E-state index contributed by atoms with van der Waals surface area (Å²) in [4.78, 5) is 19.6. The lowest BCUT2D eigenvalue weighted by atomic mass is 10.2. The third-order valence-electron chi connectivity index (χ3n) is 3.51. The van der Waals surface area contributed by atoms with Crippen molar-refractivity contribution in [2.75, 3.05) is 16.0 Å². The third-order valence-corrected chi connectivity index (χ3v) is 3.51. The van der Waals surface area contributed by atoms with Crippen molar-refractivity contribution >= 4 is 34.6 Å². The van der Waals surface area contributed by atoms with Crippen LogP contribution < -0.4 is 16.0 Å². The van der Waals surface area contributed by atoms with E-state index < -0.39 is 11.6 Å². The molecular formula is C19H17F2N5O. The lowest BCUT2D eigenvalue weighted by molar-refractivity contribution is -0.114. The topological polar surface area (TPSA) is 78.9 Å². The number of benzene rings is 2. The van der Waals surface area contributed by atoms with Crippen molar-refractivity contribution in [2.45, 2.75) is 13.8 Å². The molecule has 0 atom stereocenters. The van der Waals surface area contributed by atoms with Crippen LogP contribution in [0, 0.1) is 18.6 Å². The van der Waals surface area contributed by atoms with Gasteiger partial charge in [-0.3, -0.25) is 4.79 Å². The summed E-state index contributed by atoms with van der Waals surface area (Å²) in [5.74, 6) is -0.526. The molecule has 0 unspecified atom stereocenters. The number of rotatable bonds is 5. The summed E-state index contributed by atoms with van der Waals surface area (Å²) >= 11 is 0. The number of aryl methyl sites for hydroxylation is 1. The monoisotopic (exact) mass is 369 g/mol. The first-order valence-corrected chi connectivity index (χ1v) is 8.12. The second kappa shape index (κ2) is 7.77. The van der Waals surface area contributed by atoms with Crippen molar-refractivity contribution in [3.05, 3.63) is 66.0 Å². The van der Waals surface area contributed by atoms with E-state index in [0.717, 1.165) is 12.1 Å². The van der Waals surface area contributed by atoms with E-state index in [4.69, 9.17) is 0 Å². The number of halogens is 2. The zero-order valence-electron chi connectivity index (χ0n) is 14.7. The lowest BCUT2D eigenvalue weighted by Crippen LogP contribution is -2.06. The molecule has 0 aliphatic rings. The van der Waals surface area contributed by atoms with Crippen LogP contribution in [0.1, 0.15) is 12.7 Å². The molecule has 3 aromatic rings. The molecule has 1 heterocycles. The fourth-order valence-electron chi connectivity index (χ4n) is 2.47. The molecule has 2 aromatic carbocycles. The molecule has 27 heavy (non-hydrogen) atoms. The van der Waals surface area contributed by atoms with Crippen molar-refractivity contribution in [1.29, 1.82) is 0 Å². The van der Waals surface area contributed by atoms with Gasteiger partial charge in [-0.2, -0.15) is 0 Å². The Balaban J connectivity index is 1.85. The second-order valence-corrected chi connectivity index (χ2v) is 5.79. The number of anilines is 5. The van der Waals surface area contributed by atoms with Gasteiger partial charge in [0.05, 0.1) is 0 Å². The molecule has 0 aliphatic carbocycles. The predicted molar refractivity (Wildman–Crippen MR) is 100 cm³/mol. The molecule has 0 saturated heterocycles. The number of aromatic nitrogens is 2. The Labute approximate surface area is 154 Å². The summed E-state index contributed by atoms with van der Waals surface area (Å²) in [6, 6.07) is 12.2. The molecule has 0 radical (unpaired) electrons. The van der Waals surface area contributed by atoms with Gasteiger partial charge in [0.25, 0.3) is 0 Å². The Morgan fingerprint density at radius 1 is 0.889 bits per heavy atom. The first-order valence-electron chi connectivity index (χ1n) is 8.12. The van der Waals surface area contributed by atoms with Gasteiger partial charge in [-0.15, -0.1) is 0 Å². The van der Waals surface area contributed by atoms with E-state index in [-0.39, 0.29) is 17.4 Å². The smallest absolute Gasteiger partial charge is 0.221 e. The minimum atomic E-state index is -0.719. The normalized spacial score (nSPS) is 10.4. The molecule has 8 heteroatoms. The van der Waals surface area contributed by atoms with Crippen molar-refractivity contribution in [3.63, 3.8) is 0 Å². The molecule has 1 amide bonds. The summed E-state index contributed by atoms with van der Waals surface area (Å²) in [6.45, 7) is 3.09. The van der Waals surface area contributed by atoms with E-state index in [1.807, 2.05) is 0 Å². The van der Waals surface area contributed by atoms with Crippen LogP contribution in [0.4, 0.5) is 37.5 Å². The first-order chi connectivity index (χ1) is 12.9. The predicted octanol–water partition coefficient (Wildman–Crippen LogP) is 4.51. The van der Waals surface area contributed by atoms with Gasteiger partial charge >= 0.3 is 0 Å². The maximum absolute atomic E-state index is 13.8. The Morgan fingerprint density at radius 3 is 2.15 bits per heavy atom. The lowest BCUT2D eigenvalue weighted by Gasteiger charge is -2.12. The molecule has 138 valence electrons. The quantitative estimate of drug-likeness (QED) is 0.617. The summed E-state index contributed by atoms with van der Waals surface area (Å²) < 4.78 is 27.7. The molecule has 6 nitrogen and oxygen atoms in total. The fourth-order valence-corrected chi connectivity index (χ4v) is 2.47. The van der Waals surface area contributed by atoms with E-state index in [9.17, 15) is 13.6 Å². The van der Waals surface area contributed by atoms with Crippen LogP contribution in [-0.2, 0) is 4.79 Å². The molecule has 0 fully saturated rings. The largest absolute Gasteiger partial charge is 0.340 e. The van der Waals surface area contributed by atoms with Crippen LogP contribution in [0.15, 0.2) is 48.5 Å².